The first-order valence-corrected chi connectivity index (χ1v) is 8.35. The van der Waals surface area contributed by atoms with Crippen LogP contribution in [-0.2, 0) is 4.79 Å². The van der Waals surface area contributed by atoms with Crippen molar-refractivity contribution in [1.29, 1.82) is 0 Å². The molecule has 1 aliphatic heterocycles. The minimum absolute atomic E-state index is 0.134. The van der Waals surface area contributed by atoms with Crippen LogP contribution in [0.2, 0.25) is 0 Å². The minimum atomic E-state index is -0.293. The zero-order valence-corrected chi connectivity index (χ0v) is 13.6. The molecule has 0 atom stereocenters. The van der Waals surface area contributed by atoms with Gasteiger partial charge in [-0.2, -0.15) is 0 Å². The number of amides is 1. The molecule has 0 aliphatic carbocycles. The van der Waals surface area contributed by atoms with Gasteiger partial charge in [0.15, 0.2) is 0 Å². The van der Waals surface area contributed by atoms with Crippen molar-refractivity contribution in [3.63, 3.8) is 0 Å². The lowest BCUT2D eigenvalue weighted by Crippen LogP contribution is -2.29. The van der Waals surface area contributed by atoms with Crippen molar-refractivity contribution in [3.8, 4) is 0 Å². The fourth-order valence-corrected chi connectivity index (χ4v) is 2.86. The number of hydrogen-bond donors (Lipinski definition) is 2. The van der Waals surface area contributed by atoms with Gasteiger partial charge in [-0.05, 0) is 67.8 Å². The van der Waals surface area contributed by atoms with Gasteiger partial charge in [0.1, 0.15) is 5.82 Å². The molecule has 0 unspecified atom stereocenters. The largest absolute Gasteiger partial charge is 0.376 e. The molecule has 24 heavy (non-hydrogen) atoms. The number of carbonyl (C=O) groups is 1. The van der Waals surface area contributed by atoms with Crippen LogP contribution in [0.15, 0.2) is 48.5 Å². The van der Waals surface area contributed by atoms with Crippen LogP contribution in [0.4, 0.5) is 21.5 Å². The first kappa shape index (κ1) is 16.3. The van der Waals surface area contributed by atoms with Crippen LogP contribution in [-0.4, -0.2) is 25.5 Å². The molecule has 0 spiro atoms. The molecule has 4 nitrogen and oxygen atoms in total. The number of benzene rings is 2. The Kier molecular flexibility index (Phi) is 5.31. The highest BCUT2D eigenvalue weighted by atomic mass is 19.1. The first-order chi connectivity index (χ1) is 11.7. The number of hydrogen-bond acceptors (Lipinski definition) is 3. The SMILES string of the molecule is O=C(CNc1ccc(F)cc1)Nc1ccc(N2CCCCC2)cc1. The summed E-state index contributed by atoms with van der Waals surface area (Å²) in [4.78, 5) is 14.4. The summed E-state index contributed by atoms with van der Waals surface area (Å²) < 4.78 is 12.8. The number of rotatable bonds is 5. The zero-order valence-electron chi connectivity index (χ0n) is 13.6. The molecule has 0 saturated carbocycles. The normalized spacial score (nSPS) is 14.3. The van der Waals surface area contributed by atoms with Crippen LogP contribution < -0.4 is 15.5 Å². The number of carbonyl (C=O) groups excluding carboxylic acids is 1. The summed E-state index contributed by atoms with van der Waals surface area (Å²) in [7, 11) is 0. The second-order valence-corrected chi connectivity index (χ2v) is 6.00. The molecule has 1 saturated heterocycles. The van der Waals surface area contributed by atoms with Gasteiger partial charge in [-0.1, -0.05) is 0 Å². The molecule has 0 aromatic heterocycles. The summed E-state index contributed by atoms with van der Waals surface area (Å²) in [5, 5.41) is 5.83. The Morgan fingerprint density at radius 1 is 0.917 bits per heavy atom. The molecule has 2 aromatic rings. The van der Waals surface area contributed by atoms with E-state index in [4.69, 9.17) is 0 Å². The molecular formula is C19H22FN3O. The van der Waals surface area contributed by atoms with Crippen LogP contribution in [0.3, 0.4) is 0 Å². The van der Waals surface area contributed by atoms with E-state index in [-0.39, 0.29) is 18.3 Å². The van der Waals surface area contributed by atoms with E-state index in [1.165, 1.54) is 37.1 Å². The van der Waals surface area contributed by atoms with Crippen molar-refractivity contribution >= 4 is 23.0 Å². The van der Waals surface area contributed by atoms with Crippen molar-refractivity contribution in [2.75, 3.05) is 35.2 Å². The van der Waals surface area contributed by atoms with Crippen LogP contribution in [0.25, 0.3) is 0 Å². The molecule has 1 fully saturated rings. The van der Waals surface area contributed by atoms with Crippen LogP contribution >= 0.6 is 0 Å². The number of nitrogens with zero attached hydrogens (tertiary/aromatic N) is 1. The minimum Gasteiger partial charge on any atom is -0.376 e. The Morgan fingerprint density at radius 2 is 1.54 bits per heavy atom. The predicted octanol–water partition coefficient (Wildman–Crippen LogP) is 3.87. The van der Waals surface area contributed by atoms with Gasteiger partial charge in [0.05, 0.1) is 6.54 Å². The predicted molar refractivity (Wildman–Crippen MR) is 96.0 cm³/mol. The molecule has 1 aliphatic rings. The lowest BCUT2D eigenvalue weighted by Gasteiger charge is -2.28. The fraction of sp³-hybridized carbons (Fsp3) is 0.316. The van der Waals surface area contributed by atoms with Crippen molar-refractivity contribution in [2.45, 2.75) is 19.3 Å². The lowest BCUT2D eigenvalue weighted by molar-refractivity contribution is -0.114. The van der Waals surface area contributed by atoms with Gasteiger partial charge in [-0.15, -0.1) is 0 Å². The summed E-state index contributed by atoms with van der Waals surface area (Å²) in [5.74, 6) is -0.427. The highest BCUT2D eigenvalue weighted by molar-refractivity contribution is 5.93. The van der Waals surface area contributed by atoms with Gasteiger partial charge in [0.25, 0.3) is 0 Å². The van der Waals surface area contributed by atoms with E-state index in [1.54, 1.807) is 12.1 Å². The molecule has 2 aromatic carbocycles. The number of anilines is 3. The molecule has 1 amide bonds. The molecule has 2 N–H and O–H groups in total. The summed E-state index contributed by atoms with van der Waals surface area (Å²) in [5.41, 5.74) is 2.70. The maximum absolute atomic E-state index is 12.8. The second-order valence-electron chi connectivity index (χ2n) is 6.00. The average molecular weight is 327 g/mol. The van der Waals surface area contributed by atoms with Gasteiger partial charge < -0.3 is 15.5 Å². The van der Waals surface area contributed by atoms with E-state index in [0.717, 1.165) is 18.8 Å². The van der Waals surface area contributed by atoms with E-state index in [0.29, 0.717) is 5.69 Å². The van der Waals surface area contributed by atoms with E-state index in [1.807, 2.05) is 24.3 Å². The Morgan fingerprint density at radius 3 is 2.21 bits per heavy atom. The van der Waals surface area contributed by atoms with Crippen molar-refractivity contribution in [1.82, 2.24) is 0 Å². The molecule has 1 heterocycles. The Hall–Kier alpha value is -2.56. The summed E-state index contributed by atoms with van der Waals surface area (Å²) >= 11 is 0. The summed E-state index contributed by atoms with van der Waals surface area (Å²) in [6, 6.07) is 13.9. The zero-order chi connectivity index (χ0) is 16.8. The van der Waals surface area contributed by atoms with E-state index in [9.17, 15) is 9.18 Å². The maximum atomic E-state index is 12.8. The third kappa shape index (κ3) is 4.47. The summed E-state index contributed by atoms with van der Waals surface area (Å²) in [6.07, 6.45) is 3.80. The van der Waals surface area contributed by atoms with Gasteiger partial charge in [-0.25, -0.2) is 4.39 Å². The molecule has 5 heteroatoms. The van der Waals surface area contributed by atoms with Crippen LogP contribution in [0.1, 0.15) is 19.3 Å². The van der Waals surface area contributed by atoms with Gasteiger partial charge >= 0.3 is 0 Å². The Bertz CT molecular complexity index is 664. The number of nitrogens with one attached hydrogen (secondary N) is 2. The van der Waals surface area contributed by atoms with Crippen LogP contribution in [0, 0.1) is 5.82 Å². The average Bonchev–Trinajstić information content (AvgIpc) is 2.63. The van der Waals surface area contributed by atoms with E-state index < -0.39 is 0 Å². The molecular weight excluding hydrogens is 305 g/mol. The van der Waals surface area contributed by atoms with E-state index in [2.05, 4.69) is 15.5 Å². The van der Waals surface area contributed by atoms with Gasteiger partial charge in [0, 0.05) is 30.2 Å². The second kappa shape index (κ2) is 7.81. The quantitative estimate of drug-likeness (QED) is 0.876. The van der Waals surface area contributed by atoms with Gasteiger partial charge in [-0.3, -0.25) is 4.79 Å². The van der Waals surface area contributed by atoms with Crippen molar-refractivity contribution < 1.29 is 9.18 Å². The first-order valence-electron chi connectivity index (χ1n) is 8.35. The van der Waals surface area contributed by atoms with Crippen LogP contribution in [0.5, 0.6) is 0 Å². The van der Waals surface area contributed by atoms with Crippen molar-refractivity contribution in [2.24, 2.45) is 0 Å². The summed E-state index contributed by atoms with van der Waals surface area (Å²) in [6.45, 7) is 2.35. The Balaban J connectivity index is 1.49. The third-order valence-corrected chi connectivity index (χ3v) is 4.17. The topological polar surface area (TPSA) is 44.4 Å². The molecule has 0 bridgehead atoms. The Labute approximate surface area is 141 Å². The standard InChI is InChI=1S/C19H22FN3O/c20-15-4-6-16(7-5-15)21-14-19(24)22-17-8-10-18(11-9-17)23-12-2-1-3-13-23/h4-11,21H,1-3,12-14H2,(H,22,24). The number of halogens is 1. The molecule has 0 radical (unpaired) electrons. The van der Waals surface area contributed by atoms with Gasteiger partial charge in [0.2, 0.25) is 5.91 Å². The molecule has 126 valence electrons. The molecule has 3 rings (SSSR count). The smallest absolute Gasteiger partial charge is 0.243 e. The highest BCUT2D eigenvalue weighted by Gasteiger charge is 2.10. The highest BCUT2D eigenvalue weighted by Crippen LogP contribution is 2.21. The monoisotopic (exact) mass is 327 g/mol. The van der Waals surface area contributed by atoms with Crippen molar-refractivity contribution in [3.05, 3.63) is 54.3 Å². The third-order valence-electron chi connectivity index (χ3n) is 4.17. The number of piperidine rings is 1. The van der Waals surface area contributed by atoms with E-state index >= 15 is 0 Å². The fourth-order valence-electron chi connectivity index (χ4n) is 2.86. The maximum Gasteiger partial charge on any atom is 0.243 e. The lowest BCUT2D eigenvalue weighted by atomic mass is 10.1.